The zero-order valence-corrected chi connectivity index (χ0v) is 14.8. The van der Waals surface area contributed by atoms with Crippen LogP contribution in [0.1, 0.15) is 34.6 Å². The van der Waals surface area contributed by atoms with Crippen LogP contribution in [0.4, 0.5) is 43.9 Å². The van der Waals surface area contributed by atoms with E-state index in [9.17, 15) is 48.7 Å². The minimum Gasteiger partial charge on any atom is -0.445 e. The fraction of sp³-hybridized carbons (Fsp3) is 0.800. The molecule has 0 aliphatic rings. The van der Waals surface area contributed by atoms with Gasteiger partial charge in [-0.25, -0.2) is 0 Å². The first kappa shape index (κ1) is 25.5. The molecule has 160 valence electrons. The van der Waals surface area contributed by atoms with Crippen molar-refractivity contribution in [1.29, 1.82) is 0 Å². The maximum Gasteiger partial charge on any atom is 0.460 e. The summed E-state index contributed by atoms with van der Waals surface area (Å²) in [7, 11) is 0. The fourth-order valence-corrected chi connectivity index (χ4v) is 1.89. The van der Waals surface area contributed by atoms with Crippen molar-refractivity contribution in [2.45, 2.75) is 64.9 Å². The van der Waals surface area contributed by atoms with Crippen molar-refractivity contribution in [3.8, 4) is 0 Å². The Balaban J connectivity index is 6.17. The van der Waals surface area contributed by atoms with E-state index in [0.717, 1.165) is 6.08 Å². The molecule has 0 radical (unpaired) electrons. The monoisotopic (exact) mass is 420 g/mol. The Bertz CT molecular complexity index is 563. The molecule has 12 heteroatoms. The third-order valence-corrected chi connectivity index (χ3v) is 3.32. The van der Waals surface area contributed by atoms with E-state index in [1.165, 1.54) is 34.6 Å². The minimum absolute atomic E-state index is 0.350. The van der Waals surface area contributed by atoms with Crippen LogP contribution in [-0.4, -0.2) is 36.3 Å². The Hall–Kier alpha value is -1.49. The molecule has 27 heavy (non-hydrogen) atoms. The largest absolute Gasteiger partial charge is 0.460 e. The quantitative estimate of drug-likeness (QED) is 0.314. The van der Waals surface area contributed by atoms with Gasteiger partial charge >= 0.3 is 30.2 Å². The summed E-state index contributed by atoms with van der Waals surface area (Å²) < 4.78 is 132. The van der Waals surface area contributed by atoms with E-state index in [1.54, 1.807) is 0 Å². The molecule has 0 N–H and O–H groups in total. The molecular formula is C15H18F10O2. The molecule has 0 fully saturated rings. The van der Waals surface area contributed by atoms with Gasteiger partial charge in [-0.2, -0.15) is 43.9 Å². The molecule has 2 unspecified atom stereocenters. The molecule has 0 bridgehead atoms. The number of hydrogen-bond acceptors (Lipinski definition) is 2. The molecule has 0 aromatic heterocycles. The fourth-order valence-electron chi connectivity index (χ4n) is 1.89. The van der Waals surface area contributed by atoms with E-state index < -0.39 is 47.6 Å². The summed E-state index contributed by atoms with van der Waals surface area (Å²) in [5.41, 5.74) is -0.852. The summed E-state index contributed by atoms with van der Waals surface area (Å²) >= 11 is 0. The smallest absolute Gasteiger partial charge is 0.445 e. The first-order valence-electron chi connectivity index (χ1n) is 7.31. The second-order valence-corrected chi connectivity index (χ2v) is 7.14. The highest BCUT2D eigenvalue weighted by atomic mass is 19.4. The van der Waals surface area contributed by atoms with Crippen LogP contribution in [0.2, 0.25) is 0 Å². The normalized spacial score (nSPS) is 16.6. The summed E-state index contributed by atoms with van der Waals surface area (Å²) in [6.45, 7) is 6.73. The molecule has 0 saturated carbocycles. The van der Waals surface area contributed by atoms with Crippen molar-refractivity contribution >= 4 is 5.97 Å². The van der Waals surface area contributed by atoms with Gasteiger partial charge in [0.1, 0.15) is 0 Å². The lowest BCUT2D eigenvalue weighted by Gasteiger charge is -2.36. The van der Waals surface area contributed by atoms with Crippen LogP contribution in [-0.2, 0) is 9.53 Å². The molecule has 0 aliphatic carbocycles. The highest BCUT2D eigenvalue weighted by molar-refractivity contribution is 5.76. The van der Waals surface area contributed by atoms with E-state index in [4.69, 9.17) is 0 Å². The van der Waals surface area contributed by atoms with E-state index in [2.05, 4.69) is 4.74 Å². The van der Waals surface area contributed by atoms with Crippen molar-refractivity contribution in [3.63, 3.8) is 0 Å². The Morgan fingerprint density at radius 2 is 1.26 bits per heavy atom. The number of carbonyl (C=O) groups excluding carboxylic acids is 1. The molecule has 2 nitrogen and oxygen atoms in total. The van der Waals surface area contributed by atoms with E-state index in [-0.39, 0.29) is 0 Å². The summed E-state index contributed by atoms with van der Waals surface area (Å²) in [6.07, 6.45) is -17.4. The second-order valence-electron chi connectivity index (χ2n) is 7.14. The Labute approximate surface area is 148 Å². The van der Waals surface area contributed by atoms with Gasteiger partial charge in [0.15, 0.2) is 0 Å². The first-order chi connectivity index (χ1) is 11.6. The van der Waals surface area contributed by atoms with E-state index in [1.807, 2.05) is 0 Å². The van der Waals surface area contributed by atoms with Crippen LogP contribution in [0.3, 0.4) is 0 Å². The van der Waals surface area contributed by atoms with Crippen molar-refractivity contribution in [2.24, 2.45) is 11.3 Å². The lowest BCUT2D eigenvalue weighted by Crippen LogP contribution is -2.63. The van der Waals surface area contributed by atoms with Gasteiger partial charge in [-0.1, -0.05) is 32.4 Å². The predicted octanol–water partition coefficient (Wildman–Crippen LogP) is 5.92. The number of rotatable bonds is 5. The average Bonchev–Trinajstić information content (AvgIpc) is 2.37. The average molecular weight is 420 g/mol. The SMILES string of the molecule is CC(C)=CC(C(=O)OC(C(F)(F)F)C(F)(F)C(F)(F)C(F)(F)F)C(C)(C)C. The second kappa shape index (κ2) is 7.50. The third kappa shape index (κ3) is 5.74. The molecule has 0 aromatic rings. The van der Waals surface area contributed by atoms with Gasteiger partial charge in [-0.3, -0.25) is 4.79 Å². The number of alkyl halides is 10. The van der Waals surface area contributed by atoms with Crippen LogP contribution in [0.5, 0.6) is 0 Å². The van der Waals surface area contributed by atoms with Gasteiger partial charge in [0.05, 0.1) is 5.92 Å². The highest BCUT2D eigenvalue weighted by Gasteiger charge is 2.80. The number of halogens is 10. The molecule has 0 saturated heterocycles. The zero-order chi connectivity index (χ0) is 22.2. The van der Waals surface area contributed by atoms with Crippen LogP contribution >= 0.6 is 0 Å². The summed E-state index contributed by atoms with van der Waals surface area (Å²) in [5.74, 6) is -17.5. The van der Waals surface area contributed by atoms with Gasteiger partial charge in [0.25, 0.3) is 6.10 Å². The number of esters is 1. The lowest BCUT2D eigenvalue weighted by molar-refractivity contribution is -0.395. The topological polar surface area (TPSA) is 26.3 Å². The van der Waals surface area contributed by atoms with E-state index >= 15 is 0 Å². The van der Waals surface area contributed by atoms with Crippen LogP contribution < -0.4 is 0 Å². The Morgan fingerprint density at radius 1 is 0.852 bits per heavy atom. The maximum atomic E-state index is 13.6. The van der Waals surface area contributed by atoms with Crippen molar-refractivity contribution in [2.75, 3.05) is 0 Å². The molecule has 0 spiro atoms. The molecule has 0 aliphatic heterocycles. The summed E-state index contributed by atoms with van der Waals surface area (Å²) in [4.78, 5) is 12.0. The zero-order valence-electron chi connectivity index (χ0n) is 14.8. The number of ether oxygens (including phenoxy) is 1. The number of carbonyl (C=O) groups is 1. The highest BCUT2D eigenvalue weighted by Crippen LogP contribution is 2.52. The molecule has 0 heterocycles. The predicted molar refractivity (Wildman–Crippen MR) is 74.3 cm³/mol. The number of hydrogen-bond donors (Lipinski definition) is 0. The first-order valence-corrected chi connectivity index (χ1v) is 7.31. The van der Waals surface area contributed by atoms with E-state index in [0.29, 0.717) is 5.57 Å². The Kier molecular flexibility index (Phi) is 7.08. The summed E-state index contributed by atoms with van der Waals surface area (Å²) in [6, 6.07) is 0. The molecule has 0 rings (SSSR count). The van der Waals surface area contributed by atoms with Crippen LogP contribution in [0.15, 0.2) is 11.6 Å². The standard InChI is InChI=1S/C15H18F10O2/c1-7(2)6-8(11(3,4)5)9(26)27-10(13(18,19)20)12(16,17)14(21,22)15(23,24)25/h6,8,10H,1-5H3. The lowest BCUT2D eigenvalue weighted by atomic mass is 9.80. The van der Waals surface area contributed by atoms with Crippen molar-refractivity contribution < 1.29 is 53.4 Å². The van der Waals surface area contributed by atoms with Crippen LogP contribution in [0.25, 0.3) is 0 Å². The van der Waals surface area contributed by atoms with Crippen LogP contribution in [0, 0.1) is 11.3 Å². The molecule has 0 amide bonds. The van der Waals surface area contributed by atoms with Gasteiger partial charge < -0.3 is 4.74 Å². The summed E-state index contributed by atoms with van der Waals surface area (Å²) in [5, 5.41) is 0. The molecular weight excluding hydrogens is 402 g/mol. The Morgan fingerprint density at radius 3 is 1.52 bits per heavy atom. The van der Waals surface area contributed by atoms with Gasteiger partial charge in [0.2, 0.25) is 0 Å². The van der Waals surface area contributed by atoms with Gasteiger partial charge in [-0.15, -0.1) is 0 Å². The maximum absolute atomic E-state index is 13.6. The van der Waals surface area contributed by atoms with Crippen molar-refractivity contribution in [1.82, 2.24) is 0 Å². The number of allylic oxidation sites excluding steroid dienone is 1. The van der Waals surface area contributed by atoms with Crippen molar-refractivity contribution in [3.05, 3.63) is 11.6 Å². The van der Waals surface area contributed by atoms with Gasteiger partial charge in [-0.05, 0) is 19.3 Å². The van der Waals surface area contributed by atoms with Gasteiger partial charge in [0, 0.05) is 0 Å². The minimum atomic E-state index is -7.09. The third-order valence-electron chi connectivity index (χ3n) is 3.32. The molecule has 0 aromatic carbocycles. The molecule has 2 atom stereocenters.